The molecule has 33 heavy (non-hydrogen) atoms. The first kappa shape index (κ1) is 22.2. The van der Waals surface area contributed by atoms with Gasteiger partial charge in [-0.15, -0.1) is 0 Å². The van der Waals surface area contributed by atoms with Gasteiger partial charge in [-0.3, -0.25) is 9.88 Å². The summed E-state index contributed by atoms with van der Waals surface area (Å²) < 4.78 is 5.99. The monoisotopic (exact) mass is 440 g/mol. The molecule has 3 nitrogen and oxygen atoms in total. The predicted molar refractivity (Wildman–Crippen MR) is 136 cm³/mol. The SMILES string of the molecule is CCc1cccc(CC)c1-c1cc(OC)c(CN2CCc3ccccc3C2C2CC2)c(C)n1. The van der Waals surface area contributed by atoms with Crippen LogP contribution in [0.3, 0.4) is 0 Å². The van der Waals surface area contributed by atoms with Crippen LogP contribution in [0.15, 0.2) is 48.5 Å². The zero-order valence-corrected chi connectivity index (χ0v) is 20.5. The average Bonchev–Trinajstić information content (AvgIpc) is 3.69. The maximum atomic E-state index is 5.99. The first-order valence-electron chi connectivity index (χ1n) is 12.6. The van der Waals surface area contributed by atoms with Gasteiger partial charge in [-0.1, -0.05) is 56.3 Å². The van der Waals surface area contributed by atoms with Crippen LogP contribution in [0.2, 0.25) is 0 Å². The van der Waals surface area contributed by atoms with Gasteiger partial charge in [0.1, 0.15) is 5.75 Å². The number of fused-ring (bicyclic) bond motifs is 1. The van der Waals surface area contributed by atoms with Crippen molar-refractivity contribution in [3.05, 3.63) is 82.0 Å². The van der Waals surface area contributed by atoms with Gasteiger partial charge in [-0.05, 0) is 67.2 Å². The van der Waals surface area contributed by atoms with Gasteiger partial charge in [0.2, 0.25) is 0 Å². The van der Waals surface area contributed by atoms with Crippen molar-refractivity contribution in [2.24, 2.45) is 5.92 Å². The Morgan fingerprint density at radius 1 is 1.00 bits per heavy atom. The van der Waals surface area contributed by atoms with Gasteiger partial charge in [-0.25, -0.2) is 0 Å². The van der Waals surface area contributed by atoms with Crippen molar-refractivity contribution in [3.63, 3.8) is 0 Å². The number of methoxy groups -OCH3 is 1. The van der Waals surface area contributed by atoms with E-state index in [4.69, 9.17) is 9.72 Å². The van der Waals surface area contributed by atoms with Crippen LogP contribution in [-0.4, -0.2) is 23.5 Å². The van der Waals surface area contributed by atoms with E-state index in [0.717, 1.165) is 55.4 Å². The second-order valence-corrected chi connectivity index (χ2v) is 9.63. The number of ether oxygens (including phenoxy) is 1. The van der Waals surface area contributed by atoms with E-state index < -0.39 is 0 Å². The minimum atomic E-state index is 0.520. The van der Waals surface area contributed by atoms with E-state index in [1.54, 1.807) is 7.11 Å². The number of aryl methyl sites for hydroxylation is 3. The molecule has 5 rings (SSSR count). The molecule has 2 aliphatic rings. The second kappa shape index (κ2) is 9.30. The van der Waals surface area contributed by atoms with Crippen molar-refractivity contribution in [1.82, 2.24) is 9.88 Å². The van der Waals surface area contributed by atoms with Crippen LogP contribution >= 0.6 is 0 Å². The Labute approximate surface area is 198 Å². The quantitative estimate of drug-likeness (QED) is 0.409. The van der Waals surface area contributed by atoms with Crippen LogP contribution < -0.4 is 4.74 Å². The highest BCUT2D eigenvalue weighted by Gasteiger charge is 2.39. The van der Waals surface area contributed by atoms with Gasteiger partial charge in [0, 0.05) is 42.0 Å². The molecule has 1 unspecified atom stereocenters. The molecule has 1 aliphatic heterocycles. The first-order chi connectivity index (χ1) is 16.1. The standard InChI is InChI=1S/C30H36N2O/c1-5-21-11-9-12-22(6-2)29(21)27-18-28(33-4)26(20(3)31-27)19-32-17-16-23-10-7-8-13-25(23)30(32)24-14-15-24/h7-13,18,24,30H,5-6,14-17,19H2,1-4H3. The highest BCUT2D eigenvalue weighted by molar-refractivity contribution is 5.70. The third-order valence-electron chi connectivity index (χ3n) is 7.63. The fourth-order valence-electron chi connectivity index (χ4n) is 5.74. The van der Waals surface area contributed by atoms with E-state index in [-0.39, 0.29) is 0 Å². The molecule has 0 spiro atoms. The van der Waals surface area contributed by atoms with Crippen molar-refractivity contribution in [1.29, 1.82) is 0 Å². The molecule has 1 atom stereocenters. The summed E-state index contributed by atoms with van der Waals surface area (Å²) >= 11 is 0. The number of benzene rings is 2. The minimum absolute atomic E-state index is 0.520. The summed E-state index contributed by atoms with van der Waals surface area (Å²) in [6.45, 7) is 8.60. The highest BCUT2D eigenvalue weighted by atomic mass is 16.5. The van der Waals surface area contributed by atoms with E-state index in [1.807, 2.05) is 0 Å². The third-order valence-corrected chi connectivity index (χ3v) is 7.63. The number of pyridine rings is 1. The van der Waals surface area contributed by atoms with E-state index in [0.29, 0.717) is 6.04 Å². The zero-order valence-electron chi connectivity index (χ0n) is 20.5. The van der Waals surface area contributed by atoms with Crippen LogP contribution in [0, 0.1) is 12.8 Å². The van der Waals surface area contributed by atoms with E-state index in [9.17, 15) is 0 Å². The molecule has 1 fully saturated rings. The Hall–Kier alpha value is -2.65. The van der Waals surface area contributed by atoms with E-state index >= 15 is 0 Å². The lowest BCUT2D eigenvalue weighted by Crippen LogP contribution is -2.36. The Kier molecular flexibility index (Phi) is 6.25. The van der Waals surface area contributed by atoms with Crippen molar-refractivity contribution < 1.29 is 4.74 Å². The summed E-state index contributed by atoms with van der Waals surface area (Å²) in [6, 6.07) is 18.4. The molecule has 0 N–H and O–H groups in total. The lowest BCUT2D eigenvalue weighted by molar-refractivity contribution is 0.154. The van der Waals surface area contributed by atoms with Crippen LogP contribution in [0.25, 0.3) is 11.3 Å². The first-order valence-corrected chi connectivity index (χ1v) is 12.6. The minimum Gasteiger partial charge on any atom is -0.496 e. The maximum absolute atomic E-state index is 5.99. The largest absolute Gasteiger partial charge is 0.496 e. The smallest absolute Gasteiger partial charge is 0.127 e. The average molecular weight is 441 g/mol. The highest BCUT2D eigenvalue weighted by Crippen LogP contribution is 2.48. The number of hydrogen-bond donors (Lipinski definition) is 0. The molecule has 0 saturated heterocycles. The molecule has 3 heteroatoms. The topological polar surface area (TPSA) is 25.4 Å². The fraction of sp³-hybridized carbons (Fsp3) is 0.433. The summed E-state index contributed by atoms with van der Waals surface area (Å²) in [7, 11) is 1.80. The van der Waals surface area contributed by atoms with Gasteiger partial charge in [0.25, 0.3) is 0 Å². The Morgan fingerprint density at radius 3 is 2.39 bits per heavy atom. The van der Waals surface area contributed by atoms with Gasteiger partial charge < -0.3 is 4.74 Å². The van der Waals surface area contributed by atoms with Crippen LogP contribution in [0.4, 0.5) is 0 Å². The van der Waals surface area contributed by atoms with Crippen molar-refractivity contribution in [2.75, 3.05) is 13.7 Å². The number of hydrogen-bond acceptors (Lipinski definition) is 3. The predicted octanol–water partition coefficient (Wildman–Crippen LogP) is 6.70. The van der Waals surface area contributed by atoms with E-state index in [1.165, 1.54) is 46.2 Å². The molecule has 172 valence electrons. The molecule has 0 amide bonds. The molecule has 2 heterocycles. The molecule has 0 radical (unpaired) electrons. The lowest BCUT2D eigenvalue weighted by atomic mass is 9.89. The molecule has 3 aromatic rings. The van der Waals surface area contributed by atoms with Crippen molar-refractivity contribution in [2.45, 2.75) is 65.5 Å². The molecule has 1 aliphatic carbocycles. The number of rotatable bonds is 7. The molecule has 1 saturated carbocycles. The summed E-state index contributed by atoms with van der Waals surface area (Å²) in [5.74, 6) is 1.76. The van der Waals surface area contributed by atoms with Crippen molar-refractivity contribution >= 4 is 0 Å². The Bertz CT molecular complexity index is 1130. The van der Waals surface area contributed by atoms with Gasteiger partial charge in [0.15, 0.2) is 0 Å². The summed E-state index contributed by atoms with van der Waals surface area (Å²) in [4.78, 5) is 7.84. The Morgan fingerprint density at radius 2 is 1.73 bits per heavy atom. The number of aromatic nitrogens is 1. The molecule has 1 aromatic heterocycles. The zero-order chi connectivity index (χ0) is 22.9. The van der Waals surface area contributed by atoms with E-state index in [2.05, 4.69) is 74.2 Å². The maximum Gasteiger partial charge on any atom is 0.127 e. The Balaban J connectivity index is 1.52. The lowest BCUT2D eigenvalue weighted by Gasteiger charge is -2.38. The second-order valence-electron chi connectivity index (χ2n) is 9.63. The van der Waals surface area contributed by atoms with Gasteiger partial charge >= 0.3 is 0 Å². The van der Waals surface area contributed by atoms with Gasteiger partial charge in [-0.2, -0.15) is 0 Å². The fourth-order valence-corrected chi connectivity index (χ4v) is 5.74. The summed E-state index contributed by atoms with van der Waals surface area (Å²) in [6.07, 6.45) is 5.82. The summed E-state index contributed by atoms with van der Waals surface area (Å²) in [5.41, 5.74) is 10.4. The third kappa shape index (κ3) is 4.19. The molecular weight excluding hydrogens is 404 g/mol. The van der Waals surface area contributed by atoms with Crippen LogP contribution in [0.5, 0.6) is 5.75 Å². The van der Waals surface area contributed by atoms with Crippen molar-refractivity contribution in [3.8, 4) is 17.0 Å². The van der Waals surface area contributed by atoms with Crippen LogP contribution in [0.1, 0.15) is 66.2 Å². The number of nitrogens with zero attached hydrogens (tertiary/aromatic N) is 2. The molecule has 2 aromatic carbocycles. The van der Waals surface area contributed by atoms with Gasteiger partial charge in [0.05, 0.1) is 12.8 Å². The van der Waals surface area contributed by atoms with Crippen LogP contribution in [-0.2, 0) is 25.8 Å². The summed E-state index contributed by atoms with van der Waals surface area (Å²) in [5, 5.41) is 0. The molecule has 0 bridgehead atoms. The normalized spacial score (nSPS) is 18.2. The molecular formula is C30H36N2O.